The number of ether oxygens (including phenoxy) is 2. The van der Waals surface area contributed by atoms with Crippen LogP contribution in [0.5, 0.6) is 11.5 Å². The van der Waals surface area contributed by atoms with E-state index in [-0.39, 0.29) is 18.0 Å². The monoisotopic (exact) mass is 394 g/mol. The van der Waals surface area contributed by atoms with Crippen molar-refractivity contribution in [2.45, 2.75) is 4.90 Å². The third-order valence-corrected chi connectivity index (χ3v) is 5.54. The molecule has 0 amide bonds. The van der Waals surface area contributed by atoms with Crippen molar-refractivity contribution in [3.05, 3.63) is 52.6 Å². The Hall–Kier alpha value is -3.34. The predicted octanol–water partition coefficient (Wildman–Crippen LogP) is 1.65. The Labute approximate surface area is 153 Å². The van der Waals surface area contributed by atoms with E-state index >= 15 is 0 Å². The average molecular weight is 394 g/mol. The summed E-state index contributed by atoms with van der Waals surface area (Å²) >= 11 is 0. The minimum atomic E-state index is -4.54. The first-order chi connectivity index (χ1) is 12.8. The largest absolute Gasteiger partial charge is 0.486 e. The molecule has 0 aliphatic carbocycles. The molecule has 0 fully saturated rings. The van der Waals surface area contributed by atoms with E-state index in [9.17, 15) is 28.4 Å². The summed E-state index contributed by atoms with van der Waals surface area (Å²) < 4.78 is 37.4. The maximum absolute atomic E-state index is 13.0. The summed E-state index contributed by atoms with van der Waals surface area (Å²) in [5, 5.41) is 20.4. The molecule has 0 saturated carbocycles. The van der Waals surface area contributed by atoms with E-state index in [1.54, 1.807) is 0 Å². The van der Waals surface area contributed by atoms with Gasteiger partial charge in [-0.3, -0.25) is 19.2 Å². The van der Waals surface area contributed by atoms with Crippen molar-refractivity contribution in [2.24, 2.45) is 0 Å². The number of aliphatic carboxylic acids is 1. The van der Waals surface area contributed by atoms with Gasteiger partial charge >= 0.3 is 5.97 Å². The first kappa shape index (κ1) is 18.5. The number of sulfonamides is 1. The van der Waals surface area contributed by atoms with E-state index in [1.165, 1.54) is 30.3 Å². The number of benzene rings is 2. The average Bonchev–Trinajstić information content (AvgIpc) is 2.65. The Morgan fingerprint density at radius 2 is 1.81 bits per heavy atom. The van der Waals surface area contributed by atoms with E-state index in [0.717, 1.165) is 12.1 Å². The summed E-state index contributed by atoms with van der Waals surface area (Å²) in [4.78, 5) is 21.0. The van der Waals surface area contributed by atoms with Crippen molar-refractivity contribution >= 4 is 27.4 Å². The molecule has 0 radical (unpaired) electrons. The molecule has 10 nitrogen and oxygen atoms in total. The van der Waals surface area contributed by atoms with Crippen molar-refractivity contribution in [2.75, 3.05) is 24.1 Å². The van der Waals surface area contributed by atoms with Gasteiger partial charge in [-0.05, 0) is 18.2 Å². The Morgan fingerprint density at radius 3 is 2.48 bits per heavy atom. The lowest BCUT2D eigenvalue weighted by molar-refractivity contribution is -0.387. The number of para-hydroxylation sites is 1. The van der Waals surface area contributed by atoms with Gasteiger partial charge in [-0.2, -0.15) is 0 Å². The Balaban J connectivity index is 2.13. The molecular weight excluding hydrogens is 380 g/mol. The highest BCUT2D eigenvalue weighted by molar-refractivity contribution is 7.93. The highest BCUT2D eigenvalue weighted by atomic mass is 32.2. The zero-order valence-electron chi connectivity index (χ0n) is 13.8. The van der Waals surface area contributed by atoms with Gasteiger partial charge in [0, 0.05) is 12.1 Å². The van der Waals surface area contributed by atoms with Gasteiger partial charge < -0.3 is 14.6 Å². The molecule has 0 aromatic heterocycles. The molecule has 142 valence electrons. The van der Waals surface area contributed by atoms with Crippen LogP contribution in [0.15, 0.2) is 47.4 Å². The molecule has 0 atom stereocenters. The minimum absolute atomic E-state index is 0.0141. The number of carbonyl (C=O) groups is 1. The number of hydrogen-bond acceptors (Lipinski definition) is 7. The maximum Gasteiger partial charge on any atom is 0.324 e. The standard InChI is InChI=1S/C16H14N2O8S/c19-16(20)10-17(11-5-6-13-14(9-11)26-8-7-25-13)27(23,24)15-4-2-1-3-12(15)18(21)22/h1-6,9H,7-8,10H2,(H,19,20). The van der Waals surface area contributed by atoms with Crippen LogP contribution in [0, 0.1) is 10.1 Å². The number of nitro groups is 1. The van der Waals surface area contributed by atoms with E-state index < -0.39 is 38.0 Å². The van der Waals surface area contributed by atoms with Crippen LogP contribution in [-0.2, 0) is 14.8 Å². The second-order valence-electron chi connectivity index (χ2n) is 5.46. The summed E-state index contributed by atoms with van der Waals surface area (Å²) in [6, 6.07) is 8.86. The Kier molecular flexibility index (Phi) is 4.86. The molecule has 2 aromatic rings. The Bertz CT molecular complexity index is 1010. The van der Waals surface area contributed by atoms with Crippen LogP contribution in [0.3, 0.4) is 0 Å². The Morgan fingerprint density at radius 1 is 1.15 bits per heavy atom. The molecule has 0 spiro atoms. The van der Waals surface area contributed by atoms with Gasteiger partial charge in [0.2, 0.25) is 0 Å². The number of anilines is 1. The van der Waals surface area contributed by atoms with Crippen LogP contribution >= 0.6 is 0 Å². The van der Waals surface area contributed by atoms with Crippen LogP contribution < -0.4 is 13.8 Å². The third kappa shape index (κ3) is 3.62. The molecule has 0 bridgehead atoms. The maximum atomic E-state index is 13.0. The van der Waals surface area contributed by atoms with E-state index in [1.807, 2.05) is 0 Å². The molecule has 2 aromatic carbocycles. The molecule has 11 heteroatoms. The smallest absolute Gasteiger partial charge is 0.324 e. The molecule has 1 aliphatic rings. The normalized spacial score (nSPS) is 13.0. The quantitative estimate of drug-likeness (QED) is 0.577. The first-order valence-electron chi connectivity index (χ1n) is 7.68. The van der Waals surface area contributed by atoms with Crippen molar-refractivity contribution in [1.29, 1.82) is 0 Å². The number of nitro benzene ring substituents is 1. The van der Waals surface area contributed by atoms with Gasteiger partial charge in [0.1, 0.15) is 19.8 Å². The summed E-state index contributed by atoms with van der Waals surface area (Å²) in [6.45, 7) is -0.333. The number of carboxylic acid groups (broad SMARTS) is 1. The molecule has 3 rings (SSSR count). The molecule has 1 aliphatic heterocycles. The number of hydrogen-bond donors (Lipinski definition) is 1. The van der Waals surface area contributed by atoms with E-state index in [2.05, 4.69) is 0 Å². The number of carboxylic acids is 1. The molecule has 0 unspecified atom stereocenters. The highest BCUT2D eigenvalue weighted by Gasteiger charge is 2.33. The van der Waals surface area contributed by atoms with E-state index in [4.69, 9.17) is 9.47 Å². The topological polar surface area (TPSA) is 136 Å². The van der Waals surface area contributed by atoms with Gasteiger partial charge in [0.05, 0.1) is 10.6 Å². The predicted molar refractivity (Wildman–Crippen MR) is 92.7 cm³/mol. The zero-order valence-corrected chi connectivity index (χ0v) is 14.6. The molecule has 27 heavy (non-hydrogen) atoms. The SMILES string of the molecule is O=C(O)CN(c1ccc2c(c1)OCCO2)S(=O)(=O)c1ccccc1[N+](=O)[O-]. The van der Waals surface area contributed by atoms with Crippen molar-refractivity contribution in [3.63, 3.8) is 0 Å². The van der Waals surface area contributed by atoms with Crippen molar-refractivity contribution < 1.29 is 32.7 Å². The van der Waals surface area contributed by atoms with Gasteiger partial charge in [0.25, 0.3) is 15.7 Å². The van der Waals surface area contributed by atoms with Gasteiger partial charge in [-0.1, -0.05) is 12.1 Å². The van der Waals surface area contributed by atoms with Crippen LogP contribution in [0.4, 0.5) is 11.4 Å². The van der Waals surface area contributed by atoms with Crippen LogP contribution in [0.1, 0.15) is 0 Å². The first-order valence-corrected chi connectivity index (χ1v) is 9.12. The van der Waals surface area contributed by atoms with Crippen LogP contribution in [0.2, 0.25) is 0 Å². The van der Waals surface area contributed by atoms with Crippen LogP contribution in [0.25, 0.3) is 0 Å². The fourth-order valence-electron chi connectivity index (χ4n) is 2.57. The fraction of sp³-hybridized carbons (Fsp3) is 0.188. The van der Waals surface area contributed by atoms with E-state index in [0.29, 0.717) is 16.7 Å². The lowest BCUT2D eigenvalue weighted by Gasteiger charge is -2.25. The van der Waals surface area contributed by atoms with Crippen molar-refractivity contribution in [1.82, 2.24) is 0 Å². The molecule has 0 saturated heterocycles. The second kappa shape index (κ2) is 7.11. The summed E-state index contributed by atoms with van der Waals surface area (Å²) in [5.41, 5.74) is -0.662. The summed E-state index contributed by atoms with van der Waals surface area (Å²) in [5.74, 6) is -0.776. The molecule has 1 N–H and O–H groups in total. The third-order valence-electron chi connectivity index (χ3n) is 3.72. The summed E-state index contributed by atoms with van der Waals surface area (Å²) in [7, 11) is -4.54. The number of fused-ring (bicyclic) bond motifs is 1. The minimum Gasteiger partial charge on any atom is -0.486 e. The van der Waals surface area contributed by atoms with Gasteiger partial charge in [-0.15, -0.1) is 0 Å². The van der Waals surface area contributed by atoms with Gasteiger partial charge in [-0.25, -0.2) is 8.42 Å². The summed E-state index contributed by atoms with van der Waals surface area (Å²) in [6.07, 6.45) is 0. The molecular formula is C16H14N2O8S. The lowest BCUT2D eigenvalue weighted by Crippen LogP contribution is -2.36. The number of nitrogens with zero attached hydrogens (tertiary/aromatic N) is 2. The van der Waals surface area contributed by atoms with Crippen LogP contribution in [-0.4, -0.2) is 44.2 Å². The lowest BCUT2D eigenvalue weighted by atomic mass is 10.2. The highest BCUT2D eigenvalue weighted by Crippen LogP contribution is 2.36. The van der Waals surface area contributed by atoms with Gasteiger partial charge in [0.15, 0.2) is 16.4 Å². The second-order valence-corrected chi connectivity index (χ2v) is 7.29. The zero-order chi connectivity index (χ0) is 19.6. The fourth-order valence-corrected chi connectivity index (χ4v) is 4.14. The molecule has 1 heterocycles. The van der Waals surface area contributed by atoms with Crippen molar-refractivity contribution in [3.8, 4) is 11.5 Å². The number of rotatable bonds is 6.